The highest BCUT2D eigenvalue weighted by molar-refractivity contribution is 7.99. The van der Waals surface area contributed by atoms with E-state index in [1.165, 1.54) is 5.56 Å². The Morgan fingerprint density at radius 3 is 2.67 bits per heavy atom. The molecule has 3 heteroatoms. The monoisotopic (exact) mass is 216 g/mol. The second kappa shape index (κ2) is 5.51. The Kier molecular flexibility index (Phi) is 3.74. The fourth-order valence-electron chi connectivity index (χ4n) is 1.28. The molecule has 2 nitrogen and oxygen atoms in total. The van der Waals surface area contributed by atoms with E-state index >= 15 is 0 Å². The Morgan fingerprint density at radius 2 is 1.93 bits per heavy atom. The second-order valence-electron chi connectivity index (χ2n) is 3.13. The molecule has 76 valence electrons. The number of aromatic nitrogens is 2. The van der Waals surface area contributed by atoms with Gasteiger partial charge in [-0.25, -0.2) is 4.98 Å². The molecule has 0 bridgehead atoms. The summed E-state index contributed by atoms with van der Waals surface area (Å²) >= 11 is 1.74. The van der Waals surface area contributed by atoms with Crippen molar-refractivity contribution in [3.63, 3.8) is 0 Å². The first-order valence-corrected chi connectivity index (χ1v) is 5.86. The zero-order valence-corrected chi connectivity index (χ0v) is 9.15. The van der Waals surface area contributed by atoms with Crippen LogP contribution in [0.2, 0.25) is 0 Å². The maximum absolute atomic E-state index is 4.21. The lowest BCUT2D eigenvalue weighted by Gasteiger charge is -2.00. The normalized spacial score (nSPS) is 10.1. The van der Waals surface area contributed by atoms with Crippen molar-refractivity contribution in [2.24, 2.45) is 0 Å². The molecule has 0 saturated heterocycles. The van der Waals surface area contributed by atoms with Gasteiger partial charge in [0.1, 0.15) is 5.03 Å². The molecule has 0 spiro atoms. The number of nitrogens with zero attached hydrogens (tertiary/aromatic N) is 2. The SMILES string of the molecule is c1ccc(CCSc2cnccn2)cc1. The van der Waals surface area contributed by atoms with Gasteiger partial charge < -0.3 is 0 Å². The summed E-state index contributed by atoms with van der Waals surface area (Å²) in [5.41, 5.74) is 1.37. The number of thioether (sulfide) groups is 1. The van der Waals surface area contributed by atoms with Crippen LogP contribution in [0.1, 0.15) is 5.56 Å². The van der Waals surface area contributed by atoms with Crippen LogP contribution in [0.4, 0.5) is 0 Å². The smallest absolute Gasteiger partial charge is 0.114 e. The van der Waals surface area contributed by atoms with Crippen molar-refractivity contribution < 1.29 is 0 Å². The minimum atomic E-state index is 0.994. The molecule has 1 aromatic carbocycles. The van der Waals surface area contributed by atoms with E-state index < -0.39 is 0 Å². The summed E-state index contributed by atoms with van der Waals surface area (Å²) in [5, 5.41) is 0.994. The molecule has 1 heterocycles. The summed E-state index contributed by atoms with van der Waals surface area (Å²) in [5.74, 6) is 1.04. The lowest BCUT2D eigenvalue weighted by atomic mass is 10.2. The quantitative estimate of drug-likeness (QED) is 0.735. The number of rotatable bonds is 4. The zero-order valence-electron chi connectivity index (χ0n) is 8.34. The van der Waals surface area contributed by atoms with E-state index in [-0.39, 0.29) is 0 Å². The third-order valence-electron chi connectivity index (χ3n) is 2.02. The van der Waals surface area contributed by atoms with Crippen LogP contribution in [0, 0.1) is 0 Å². The van der Waals surface area contributed by atoms with Crippen molar-refractivity contribution in [3.8, 4) is 0 Å². The van der Waals surface area contributed by atoms with E-state index in [2.05, 4.69) is 34.2 Å². The fourth-order valence-corrected chi connectivity index (χ4v) is 2.10. The summed E-state index contributed by atoms with van der Waals surface area (Å²) in [6.07, 6.45) is 6.30. The van der Waals surface area contributed by atoms with Gasteiger partial charge in [-0.2, -0.15) is 0 Å². The molecule has 0 fully saturated rings. The van der Waals surface area contributed by atoms with Gasteiger partial charge in [0, 0.05) is 18.1 Å². The van der Waals surface area contributed by atoms with Crippen molar-refractivity contribution in [3.05, 3.63) is 54.5 Å². The van der Waals surface area contributed by atoms with Crippen molar-refractivity contribution in [2.75, 3.05) is 5.75 Å². The van der Waals surface area contributed by atoms with Crippen LogP contribution in [-0.2, 0) is 6.42 Å². The molecule has 0 aliphatic heterocycles. The first-order valence-electron chi connectivity index (χ1n) is 4.88. The first kappa shape index (κ1) is 10.2. The van der Waals surface area contributed by atoms with Gasteiger partial charge in [0.05, 0.1) is 6.20 Å². The first-order chi connectivity index (χ1) is 7.45. The van der Waals surface area contributed by atoms with Gasteiger partial charge in [-0.3, -0.25) is 4.98 Å². The van der Waals surface area contributed by atoms with Crippen LogP contribution in [0.15, 0.2) is 53.9 Å². The van der Waals surface area contributed by atoms with E-state index in [4.69, 9.17) is 0 Å². The second-order valence-corrected chi connectivity index (χ2v) is 4.24. The Hall–Kier alpha value is -1.35. The molecular formula is C12H12N2S. The Balaban J connectivity index is 1.81. The maximum Gasteiger partial charge on any atom is 0.114 e. The third kappa shape index (κ3) is 3.36. The van der Waals surface area contributed by atoms with Gasteiger partial charge >= 0.3 is 0 Å². The maximum atomic E-state index is 4.21. The van der Waals surface area contributed by atoms with Crippen molar-refractivity contribution in [1.29, 1.82) is 0 Å². The number of hydrogen-bond acceptors (Lipinski definition) is 3. The molecule has 2 rings (SSSR count). The summed E-state index contributed by atoms with van der Waals surface area (Å²) in [4.78, 5) is 8.24. The van der Waals surface area contributed by atoms with Crippen LogP contribution in [0.5, 0.6) is 0 Å². The summed E-state index contributed by atoms with van der Waals surface area (Å²) in [6, 6.07) is 10.5. The molecule has 0 saturated carbocycles. The molecular weight excluding hydrogens is 204 g/mol. The molecule has 2 aromatic rings. The predicted octanol–water partition coefficient (Wildman–Crippen LogP) is 2.81. The van der Waals surface area contributed by atoms with Gasteiger partial charge in [0.2, 0.25) is 0 Å². The zero-order chi connectivity index (χ0) is 10.3. The number of benzene rings is 1. The van der Waals surface area contributed by atoms with Crippen LogP contribution < -0.4 is 0 Å². The lowest BCUT2D eigenvalue weighted by Crippen LogP contribution is -1.89. The van der Waals surface area contributed by atoms with Gasteiger partial charge in [-0.15, -0.1) is 11.8 Å². The number of aryl methyl sites for hydroxylation is 1. The molecule has 0 N–H and O–H groups in total. The Labute approximate surface area is 93.8 Å². The molecule has 0 amide bonds. The molecule has 1 aromatic heterocycles. The summed E-state index contributed by atoms with van der Waals surface area (Å²) in [6.45, 7) is 0. The van der Waals surface area contributed by atoms with Crippen molar-refractivity contribution in [1.82, 2.24) is 9.97 Å². The van der Waals surface area contributed by atoms with Gasteiger partial charge in [0.25, 0.3) is 0 Å². The third-order valence-corrected chi connectivity index (χ3v) is 2.94. The van der Waals surface area contributed by atoms with Crippen LogP contribution in [0.25, 0.3) is 0 Å². The van der Waals surface area contributed by atoms with Gasteiger partial charge in [-0.05, 0) is 12.0 Å². The van der Waals surface area contributed by atoms with Crippen LogP contribution in [-0.4, -0.2) is 15.7 Å². The molecule has 0 aliphatic rings. The van der Waals surface area contributed by atoms with Crippen molar-refractivity contribution >= 4 is 11.8 Å². The standard InChI is InChI=1S/C12H12N2S/c1-2-4-11(5-3-1)6-9-15-12-10-13-7-8-14-12/h1-5,7-8,10H,6,9H2. The van der Waals surface area contributed by atoms with Crippen LogP contribution in [0.3, 0.4) is 0 Å². The topological polar surface area (TPSA) is 25.8 Å². The summed E-state index contributed by atoms with van der Waals surface area (Å²) in [7, 11) is 0. The molecule has 0 atom stereocenters. The van der Waals surface area contributed by atoms with E-state index in [0.717, 1.165) is 17.2 Å². The largest absolute Gasteiger partial charge is 0.260 e. The average Bonchev–Trinajstić information content (AvgIpc) is 2.32. The van der Waals surface area contributed by atoms with Gasteiger partial charge in [0.15, 0.2) is 0 Å². The molecule has 0 aliphatic carbocycles. The Bertz CT molecular complexity index is 349. The molecule has 0 unspecified atom stereocenters. The van der Waals surface area contributed by atoms with Crippen molar-refractivity contribution in [2.45, 2.75) is 11.4 Å². The summed E-state index contributed by atoms with van der Waals surface area (Å²) < 4.78 is 0. The molecule has 15 heavy (non-hydrogen) atoms. The average molecular weight is 216 g/mol. The Morgan fingerprint density at radius 1 is 1.07 bits per heavy atom. The molecule has 0 radical (unpaired) electrons. The highest BCUT2D eigenvalue weighted by Crippen LogP contribution is 2.14. The fraction of sp³-hybridized carbons (Fsp3) is 0.167. The minimum Gasteiger partial charge on any atom is -0.260 e. The van der Waals surface area contributed by atoms with Gasteiger partial charge in [-0.1, -0.05) is 30.3 Å². The lowest BCUT2D eigenvalue weighted by molar-refractivity contribution is 1.05. The highest BCUT2D eigenvalue weighted by Gasteiger charge is 1.95. The minimum absolute atomic E-state index is 0.994. The van der Waals surface area contributed by atoms with E-state index in [9.17, 15) is 0 Å². The highest BCUT2D eigenvalue weighted by atomic mass is 32.2. The predicted molar refractivity (Wildman–Crippen MR) is 62.9 cm³/mol. The van der Waals surface area contributed by atoms with E-state index in [1.807, 2.05) is 6.07 Å². The van der Waals surface area contributed by atoms with Crippen LogP contribution >= 0.6 is 11.8 Å². The van der Waals surface area contributed by atoms with E-state index in [1.54, 1.807) is 30.4 Å². The van der Waals surface area contributed by atoms with E-state index in [0.29, 0.717) is 0 Å². The number of hydrogen-bond donors (Lipinski definition) is 0.